The van der Waals surface area contributed by atoms with Crippen LogP contribution in [0.25, 0.3) is 11.1 Å². The Bertz CT molecular complexity index is 1460. The number of likely N-dealkylation sites (N-methyl/N-ethyl adjacent to an activating group) is 1. The number of anilines is 3. The fourth-order valence-electron chi connectivity index (χ4n) is 6.52. The van der Waals surface area contributed by atoms with Crippen LogP contribution in [0.15, 0.2) is 66.7 Å². The van der Waals surface area contributed by atoms with E-state index in [0.717, 1.165) is 124 Å². The second-order valence-corrected chi connectivity index (χ2v) is 11.4. The molecule has 3 saturated heterocycles. The minimum absolute atomic E-state index is 0.113. The minimum atomic E-state index is 0.113. The van der Waals surface area contributed by atoms with E-state index in [1.54, 1.807) is 0 Å². The number of carbonyl (C=O) groups excluding carboxylic acids is 1. The zero-order valence-corrected chi connectivity index (χ0v) is 23.8. The van der Waals surface area contributed by atoms with E-state index >= 15 is 0 Å². The Hall–Kier alpha value is -3.65. The van der Waals surface area contributed by atoms with Crippen LogP contribution >= 0.6 is 0 Å². The number of rotatable bonds is 5. The molecule has 0 unspecified atom stereocenters. The lowest BCUT2D eigenvalue weighted by atomic mass is 9.93. The largest absolute Gasteiger partial charge is 0.378 e. The number of benzene rings is 3. The zero-order valence-electron chi connectivity index (χ0n) is 23.8. The summed E-state index contributed by atoms with van der Waals surface area (Å²) < 4.78 is 11.2. The number of carbonyl (C=O) groups is 1. The molecule has 4 aliphatic rings. The van der Waals surface area contributed by atoms with E-state index in [4.69, 9.17) is 9.47 Å². The number of Topliss-reactive ketones (excluding diaryl/α,β-unsaturated/α-hetero) is 1. The van der Waals surface area contributed by atoms with Crippen molar-refractivity contribution in [1.82, 2.24) is 4.90 Å². The molecule has 3 aromatic rings. The Balaban J connectivity index is 1.33. The molecule has 0 spiro atoms. The van der Waals surface area contributed by atoms with Gasteiger partial charge >= 0.3 is 0 Å². The Morgan fingerprint density at radius 1 is 0.537 bits per heavy atom. The highest BCUT2D eigenvalue weighted by Crippen LogP contribution is 2.44. The molecule has 0 atom stereocenters. The quantitative estimate of drug-likeness (QED) is 0.470. The zero-order chi connectivity index (χ0) is 27.8. The summed E-state index contributed by atoms with van der Waals surface area (Å²) in [6.45, 7) is 10.4. The number of fused-ring (bicyclic) bond motifs is 1. The molecular weight excluding hydrogens is 512 g/mol. The van der Waals surface area contributed by atoms with Crippen molar-refractivity contribution in [3.63, 3.8) is 0 Å². The van der Waals surface area contributed by atoms with E-state index in [1.807, 2.05) is 0 Å². The normalized spacial score (nSPS) is 20.1. The summed E-state index contributed by atoms with van der Waals surface area (Å²) in [4.78, 5) is 23.9. The molecule has 3 aromatic carbocycles. The molecule has 0 aromatic heterocycles. The van der Waals surface area contributed by atoms with Crippen molar-refractivity contribution in [3.8, 4) is 0 Å². The van der Waals surface area contributed by atoms with Gasteiger partial charge in [-0.15, -0.1) is 0 Å². The van der Waals surface area contributed by atoms with Gasteiger partial charge in [-0.3, -0.25) is 4.79 Å². The maximum Gasteiger partial charge on any atom is 0.194 e. The second kappa shape index (κ2) is 11.3. The molecule has 3 heterocycles. The van der Waals surface area contributed by atoms with Crippen LogP contribution in [0.3, 0.4) is 0 Å². The van der Waals surface area contributed by atoms with Crippen LogP contribution in [0, 0.1) is 0 Å². The summed E-state index contributed by atoms with van der Waals surface area (Å²) in [6, 6.07) is 23.7. The van der Waals surface area contributed by atoms with Crippen molar-refractivity contribution in [2.45, 2.75) is 0 Å². The predicted molar refractivity (Wildman–Crippen MR) is 165 cm³/mol. The molecule has 7 rings (SSSR count). The van der Waals surface area contributed by atoms with Crippen molar-refractivity contribution in [2.75, 3.05) is 101 Å². The van der Waals surface area contributed by atoms with Crippen molar-refractivity contribution in [2.24, 2.45) is 0 Å². The fraction of sp³-hybridized carbons (Fsp3) is 0.382. The first kappa shape index (κ1) is 26.3. The number of ketones is 1. The second-order valence-electron chi connectivity index (χ2n) is 11.4. The third-order valence-electron chi connectivity index (χ3n) is 8.88. The monoisotopic (exact) mass is 550 g/mol. The summed E-state index contributed by atoms with van der Waals surface area (Å²) in [5.41, 5.74) is 9.17. The summed E-state index contributed by atoms with van der Waals surface area (Å²) in [7, 11) is 2.17. The lowest BCUT2D eigenvalue weighted by Crippen LogP contribution is -2.44. The van der Waals surface area contributed by atoms with E-state index in [0.29, 0.717) is 0 Å². The first-order chi connectivity index (χ1) is 20.2. The van der Waals surface area contributed by atoms with Gasteiger partial charge in [0.05, 0.1) is 26.4 Å². The van der Waals surface area contributed by atoms with Crippen LogP contribution in [0.2, 0.25) is 0 Å². The van der Waals surface area contributed by atoms with Crippen LogP contribution < -0.4 is 14.7 Å². The van der Waals surface area contributed by atoms with Gasteiger partial charge in [0.2, 0.25) is 0 Å². The highest BCUT2D eigenvalue weighted by atomic mass is 16.5. The molecule has 0 bridgehead atoms. The average Bonchev–Trinajstić information content (AvgIpc) is 3.34. The average molecular weight is 551 g/mol. The molecular formula is C34H38N4O3. The Morgan fingerprint density at radius 2 is 1.05 bits per heavy atom. The maximum absolute atomic E-state index is 14.4. The van der Waals surface area contributed by atoms with Gasteiger partial charge < -0.3 is 29.1 Å². The van der Waals surface area contributed by atoms with E-state index in [2.05, 4.69) is 93.4 Å². The molecule has 7 heteroatoms. The summed E-state index contributed by atoms with van der Waals surface area (Å²) >= 11 is 0. The molecule has 0 saturated carbocycles. The van der Waals surface area contributed by atoms with Crippen molar-refractivity contribution >= 4 is 34.0 Å². The number of hydrogen-bond donors (Lipinski definition) is 0. The van der Waals surface area contributed by atoms with Gasteiger partial charge in [-0.25, -0.2) is 0 Å². The van der Waals surface area contributed by atoms with Crippen LogP contribution in [0.1, 0.15) is 27.0 Å². The number of hydrogen-bond acceptors (Lipinski definition) is 7. The third kappa shape index (κ3) is 5.14. The van der Waals surface area contributed by atoms with E-state index < -0.39 is 0 Å². The molecule has 7 nitrogen and oxygen atoms in total. The van der Waals surface area contributed by atoms with Crippen LogP contribution in [0.4, 0.5) is 17.1 Å². The molecule has 3 aliphatic heterocycles. The number of morpholine rings is 2. The van der Waals surface area contributed by atoms with Gasteiger partial charge in [-0.1, -0.05) is 30.3 Å². The van der Waals surface area contributed by atoms with Crippen LogP contribution in [0.5, 0.6) is 0 Å². The van der Waals surface area contributed by atoms with E-state index in [-0.39, 0.29) is 5.78 Å². The topological polar surface area (TPSA) is 48.5 Å². The first-order valence-corrected chi connectivity index (χ1v) is 14.9. The van der Waals surface area contributed by atoms with Gasteiger partial charge in [0.15, 0.2) is 5.78 Å². The number of ether oxygens (including phenoxy) is 2. The van der Waals surface area contributed by atoms with E-state index in [9.17, 15) is 4.79 Å². The SMILES string of the molecule is CN1CCN(c2ccc3c(c2)C(=O)C(c2cccc(N4CCOCC4)c2)=C3c2cccc(N3CCOCC3)c2)CC1. The molecule has 41 heavy (non-hydrogen) atoms. The summed E-state index contributed by atoms with van der Waals surface area (Å²) in [5.74, 6) is 0.113. The lowest BCUT2D eigenvalue weighted by Gasteiger charge is -2.34. The van der Waals surface area contributed by atoms with Crippen molar-refractivity contribution < 1.29 is 14.3 Å². The van der Waals surface area contributed by atoms with Gasteiger partial charge in [0.1, 0.15) is 0 Å². The van der Waals surface area contributed by atoms with Crippen LogP contribution in [-0.4, -0.2) is 96.5 Å². The number of nitrogens with zero attached hydrogens (tertiary/aromatic N) is 4. The maximum atomic E-state index is 14.4. The summed E-state index contributed by atoms with van der Waals surface area (Å²) in [5, 5.41) is 0. The Kier molecular flexibility index (Phi) is 7.25. The van der Waals surface area contributed by atoms with Crippen LogP contribution in [-0.2, 0) is 9.47 Å². The predicted octanol–water partition coefficient (Wildman–Crippen LogP) is 4.27. The van der Waals surface area contributed by atoms with Gasteiger partial charge in [-0.2, -0.15) is 0 Å². The first-order valence-electron chi connectivity index (χ1n) is 14.9. The minimum Gasteiger partial charge on any atom is -0.378 e. The lowest BCUT2D eigenvalue weighted by molar-refractivity contribution is 0.105. The van der Waals surface area contributed by atoms with E-state index in [1.165, 1.54) is 5.69 Å². The third-order valence-corrected chi connectivity index (χ3v) is 8.88. The Labute approximate surface area is 242 Å². The fourth-order valence-corrected chi connectivity index (χ4v) is 6.52. The molecule has 0 radical (unpaired) electrons. The smallest absolute Gasteiger partial charge is 0.194 e. The highest BCUT2D eigenvalue weighted by Gasteiger charge is 2.33. The molecule has 0 N–H and O–H groups in total. The highest BCUT2D eigenvalue weighted by molar-refractivity contribution is 6.41. The molecule has 212 valence electrons. The van der Waals surface area contributed by atoms with Crippen molar-refractivity contribution in [1.29, 1.82) is 0 Å². The Morgan fingerprint density at radius 3 is 1.63 bits per heavy atom. The van der Waals surface area contributed by atoms with Crippen molar-refractivity contribution in [3.05, 3.63) is 89.0 Å². The molecule has 0 amide bonds. The number of piperazine rings is 1. The number of allylic oxidation sites excluding steroid dienone is 1. The van der Waals surface area contributed by atoms with Gasteiger partial charge in [0.25, 0.3) is 0 Å². The van der Waals surface area contributed by atoms with Gasteiger partial charge in [-0.05, 0) is 60.1 Å². The molecule has 3 fully saturated rings. The summed E-state index contributed by atoms with van der Waals surface area (Å²) in [6.07, 6.45) is 0. The standard InChI is InChI=1S/C34H38N4O3/c1-35-10-12-36(13-11-35)29-8-9-30-31(24-29)34(39)33(26-5-3-7-28(23-26)38-16-20-41-21-17-38)32(30)25-4-2-6-27(22-25)37-14-18-40-19-15-37/h2-9,22-24H,10-21H2,1H3. The van der Waals surface area contributed by atoms with Gasteiger partial charge in [0, 0.05) is 86.1 Å². The molecule has 1 aliphatic carbocycles.